The number of unbranched alkanes of at least 4 members (excludes halogenated alkanes) is 2. The molecule has 0 aromatic carbocycles. The van der Waals surface area contributed by atoms with E-state index in [0.717, 1.165) is 30.4 Å². The van der Waals surface area contributed by atoms with Gasteiger partial charge >= 0.3 is 11.9 Å². The molecule has 0 N–H and O–H groups in total. The zero-order valence-electron chi connectivity index (χ0n) is 15.0. The maximum atomic E-state index is 12.3. The van der Waals surface area contributed by atoms with E-state index in [2.05, 4.69) is 11.6 Å². The van der Waals surface area contributed by atoms with Crippen molar-refractivity contribution in [3.8, 4) is 0 Å². The molecule has 5 nitrogen and oxygen atoms in total. The van der Waals surface area contributed by atoms with Gasteiger partial charge in [-0.2, -0.15) is 0 Å². The molecule has 1 aromatic rings. The summed E-state index contributed by atoms with van der Waals surface area (Å²) in [4.78, 5) is 28.9. The number of allylic oxidation sites excluding steroid dienone is 1. The number of aromatic nitrogens is 1. The molecule has 0 radical (unpaired) electrons. The standard InChI is InChI=1S/C19H23Cl2NO4/c1-4-5-6-7-8-19(20,21)15-9-13-10-18(16(23)25-2,17(24)26-3)11-14(13)12-22-15/h4,9,12H,1,5-8,10-11H2,2-3H3. The Hall–Kier alpha value is -1.59. The van der Waals surface area contributed by atoms with E-state index in [0.29, 0.717) is 12.1 Å². The average Bonchev–Trinajstić information content (AvgIpc) is 3.03. The minimum Gasteiger partial charge on any atom is -0.468 e. The lowest BCUT2D eigenvalue weighted by molar-refractivity contribution is -0.168. The topological polar surface area (TPSA) is 65.5 Å². The van der Waals surface area contributed by atoms with Crippen LogP contribution in [0.15, 0.2) is 24.9 Å². The molecule has 26 heavy (non-hydrogen) atoms. The van der Waals surface area contributed by atoms with Crippen LogP contribution in [0, 0.1) is 5.41 Å². The third-order valence-electron chi connectivity index (χ3n) is 4.74. The van der Waals surface area contributed by atoms with Crippen molar-refractivity contribution in [2.24, 2.45) is 5.41 Å². The lowest BCUT2D eigenvalue weighted by atomic mass is 9.85. The third kappa shape index (κ3) is 4.04. The van der Waals surface area contributed by atoms with Crippen LogP contribution in [0.2, 0.25) is 0 Å². The molecule has 0 spiro atoms. The number of rotatable bonds is 8. The van der Waals surface area contributed by atoms with Crippen LogP contribution in [0.3, 0.4) is 0 Å². The average molecular weight is 400 g/mol. The van der Waals surface area contributed by atoms with Gasteiger partial charge in [-0.05, 0) is 49.3 Å². The van der Waals surface area contributed by atoms with Gasteiger partial charge in [-0.25, -0.2) is 0 Å². The third-order valence-corrected chi connectivity index (χ3v) is 5.51. The zero-order valence-corrected chi connectivity index (χ0v) is 16.5. The lowest BCUT2D eigenvalue weighted by Crippen LogP contribution is -2.42. The number of halogens is 2. The van der Waals surface area contributed by atoms with E-state index in [1.165, 1.54) is 14.2 Å². The number of methoxy groups -OCH3 is 2. The van der Waals surface area contributed by atoms with Crippen LogP contribution >= 0.6 is 23.2 Å². The van der Waals surface area contributed by atoms with E-state index in [4.69, 9.17) is 32.7 Å². The second kappa shape index (κ2) is 8.40. The van der Waals surface area contributed by atoms with Crippen LogP contribution in [0.1, 0.15) is 42.5 Å². The molecule has 0 amide bonds. The molecule has 0 atom stereocenters. The van der Waals surface area contributed by atoms with Crippen molar-refractivity contribution in [1.82, 2.24) is 4.98 Å². The Labute approximate surface area is 163 Å². The van der Waals surface area contributed by atoms with Crippen LogP contribution in [0.4, 0.5) is 0 Å². The van der Waals surface area contributed by atoms with Gasteiger partial charge < -0.3 is 9.47 Å². The van der Waals surface area contributed by atoms with E-state index in [9.17, 15) is 9.59 Å². The summed E-state index contributed by atoms with van der Waals surface area (Å²) in [6, 6.07) is 1.77. The predicted octanol–water partition coefficient (Wildman–Crippen LogP) is 3.89. The number of ether oxygens (including phenoxy) is 2. The van der Waals surface area contributed by atoms with Gasteiger partial charge in [0.15, 0.2) is 9.75 Å². The van der Waals surface area contributed by atoms with Crippen molar-refractivity contribution in [2.75, 3.05) is 14.2 Å². The first-order valence-electron chi connectivity index (χ1n) is 8.44. The van der Waals surface area contributed by atoms with Crippen molar-refractivity contribution in [3.05, 3.63) is 41.7 Å². The fraction of sp³-hybridized carbons (Fsp3) is 0.526. The summed E-state index contributed by atoms with van der Waals surface area (Å²) in [7, 11) is 2.51. The Morgan fingerprint density at radius 2 is 1.85 bits per heavy atom. The maximum absolute atomic E-state index is 12.3. The zero-order chi connectivity index (χ0) is 19.4. The molecule has 142 valence electrons. The van der Waals surface area contributed by atoms with Crippen LogP contribution in [0.25, 0.3) is 0 Å². The highest BCUT2D eigenvalue weighted by Crippen LogP contribution is 2.43. The van der Waals surface area contributed by atoms with E-state index in [-0.39, 0.29) is 12.8 Å². The highest BCUT2D eigenvalue weighted by molar-refractivity contribution is 6.47. The second-order valence-corrected chi connectivity index (χ2v) is 7.98. The molecular weight excluding hydrogens is 377 g/mol. The summed E-state index contributed by atoms with van der Waals surface area (Å²) in [6.07, 6.45) is 7.09. The summed E-state index contributed by atoms with van der Waals surface area (Å²) < 4.78 is 8.56. The Bertz CT molecular complexity index is 687. The first-order chi connectivity index (χ1) is 12.3. The van der Waals surface area contributed by atoms with Crippen molar-refractivity contribution < 1.29 is 19.1 Å². The van der Waals surface area contributed by atoms with Crippen molar-refractivity contribution in [2.45, 2.75) is 42.9 Å². The fourth-order valence-electron chi connectivity index (χ4n) is 3.29. The number of hydrogen-bond donors (Lipinski definition) is 0. The van der Waals surface area contributed by atoms with Crippen LogP contribution in [-0.2, 0) is 36.2 Å². The molecule has 1 heterocycles. The molecule has 0 bridgehead atoms. The molecule has 0 unspecified atom stereocenters. The molecule has 0 aliphatic heterocycles. The normalized spacial score (nSPS) is 15.2. The van der Waals surface area contributed by atoms with Gasteiger partial charge in [0.1, 0.15) is 0 Å². The first-order valence-corrected chi connectivity index (χ1v) is 9.20. The molecule has 0 saturated heterocycles. The van der Waals surface area contributed by atoms with E-state index >= 15 is 0 Å². The predicted molar refractivity (Wildman–Crippen MR) is 100 cm³/mol. The summed E-state index contributed by atoms with van der Waals surface area (Å²) in [5, 5.41) is 0. The van der Waals surface area contributed by atoms with Gasteiger partial charge in [-0.15, -0.1) is 6.58 Å². The van der Waals surface area contributed by atoms with Crippen LogP contribution in [0.5, 0.6) is 0 Å². The first kappa shape index (κ1) is 20.7. The Morgan fingerprint density at radius 1 is 1.23 bits per heavy atom. The molecule has 7 heteroatoms. The van der Waals surface area contributed by atoms with Gasteiger partial charge in [-0.3, -0.25) is 14.6 Å². The van der Waals surface area contributed by atoms with Crippen LogP contribution in [-0.4, -0.2) is 31.1 Å². The van der Waals surface area contributed by atoms with Gasteiger partial charge in [0.05, 0.1) is 19.9 Å². The molecule has 0 fully saturated rings. The van der Waals surface area contributed by atoms with Gasteiger partial charge in [0.2, 0.25) is 0 Å². The number of alkyl halides is 2. The molecule has 1 aromatic heterocycles. The van der Waals surface area contributed by atoms with Crippen molar-refractivity contribution in [1.29, 1.82) is 0 Å². The van der Waals surface area contributed by atoms with Gasteiger partial charge in [-0.1, -0.05) is 29.3 Å². The van der Waals surface area contributed by atoms with E-state index in [1.807, 2.05) is 6.08 Å². The summed E-state index contributed by atoms with van der Waals surface area (Å²) >= 11 is 13.0. The smallest absolute Gasteiger partial charge is 0.323 e. The van der Waals surface area contributed by atoms with E-state index < -0.39 is 21.7 Å². The molecule has 2 rings (SSSR count). The maximum Gasteiger partial charge on any atom is 0.323 e. The van der Waals surface area contributed by atoms with Gasteiger partial charge in [0.25, 0.3) is 0 Å². The number of fused-ring (bicyclic) bond motifs is 1. The second-order valence-electron chi connectivity index (χ2n) is 6.50. The Kier molecular flexibility index (Phi) is 6.69. The monoisotopic (exact) mass is 399 g/mol. The number of pyridine rings is 1. The lowest BCUT2D eigenvalue weighted by Gasteiger charge is -2.22. The number of nitrogens with zero attached hydrogens (tertiary/aromatic N) is 1. The largest absolute Gasteiger partial charge is 0.468 e. The highest BCUT2D eigenvalue weighted by atomic mass is 35.5. The van der Waals surface area contributed by atoms with E-state index in [1.54, 1.807) is 12.3 Å². The summed E-state index contributed by atoms with van der Waals surface area (Å²) in [5.74, 6) is -1.23. The molecule has 1 aliphatic rings. The van der Waals surface area contributed by atoms with Crippen molar-refractivity contribution in [3.63, 3.8) is 0 Å². The SMILES string of the molecule is C=CCCCCC(Cl)(Cl)c1cc2c(cn1)CC(C(=O)OC)(C(=O)OC)C2. The number of carbonyl (C=O) groups excluding carboxylic acids is 2. The minimum atomic E-state index is -1.38. The molecule has 0 saturated carbocycles. The number of carbonyl (C=O) groups is 2. The Morgan fingerprint density at radius 3 is 2.42 bits per heavy atom. The number of esters is 2. The van der Waals surface area contributed by atoms with Crippen molar-refractivity contribution >= 4 is 35.1 Å². The minimum absolute atomic E-state index is 0.178. The highest BCUT2D eigenvalue weighted by Gasteiger charge is 2.53. The summed E-state index contributed by atoms with van der Waals surface area (Å²) in [5.41, 5.74) is 0.740. The summed E-state index contributed by atoms with van der Waals surface area (Å²) in [6.45, 7) is 3.69. The number of hydrogen-bond acceptors (Lipinski definition) is 5. The van der Waals surface area contributed by atoms with Crippen LogP contribution < -0.4 is 0 Å². The van der Waals surface area contributed by atoms with Gasteiger partial charge in [0, 0.05) is 12.6 Å². The Balaban J connectivity index is 2.24. The molecule has 1 aliphatic carbocycles. The quantitative estimate of drug-likeness (QED) is 0.218. The fourth-order valence-corrected chi connectivity index (χ4v) is 3.76. The molecular formula is C19H23Cl2NO4.